The van der Waals surface area contributed by atoms with Gasteiger partial charge in [-0.1, -0.05) is 30.3 Å². The summed E-state index contributed by atoms with van der Waals surface area (Å²) in [5.74, 6) is 0.511. The molecule has 1 unspecified atom stereocenters. The van der Waals surface area contributed by atoms with Gasteiger partial charge in [0.15, 0.2) is 5.82 Å². The van der Waals surface area contributed by atoms with Gasteiger partial charge in [0.25, 0.3) is 0 Å². The Balaban J connectivity index is 0.00000176. The molecule has 0 amide bonds. The fourth-order valence-corrected chi connectivity index (χ4v) is 3.39. The SMILES string of the molecule is Cl.O=S(=O)(NC1CCNC1)c1cnc(-c2ccccc2)nc1. The molecule has 3 rings (SSSR count). The summed E-state index contributed by atoms with van der Waals surface area (Å²) in [6, 6.07) is 9.37. The van der Waals surface area contributed by atoms with Crippen molar-refractivity contribution in [2.75, 3.05) is 13.1 Å². The van der Waals surface area contributed by atoms with Gasteiger partial charge in [-0.2, -0.15) is 0 Å². The zero-order valence-electron chi connectivity index (χ0n) is 11.8. The Labute approximate surface area is 135 Å². The third-order valence-corrected chi connectivity index (χ3v) is 4.83. The molecule has 2 aromatic rings. The van der Waals surface area contributed by atoms with E-state index in [1.165, 1.54) is 12.4 Å². The number of sulfonamides is 1. The van der Waals surface area contributed by atoms with E-state index in [0.29, 0.717) is 12.4 Å². The molecule has 0 bridgehead atoms. The molecule has 1 aliphatic heterocycles. The van der Waals surface area contributed by atoms with Crippen LogP contribution in [0.5, 0.6) is 0 Å². The van der Waals surface area contributed by atoms with Gasteiger partial charge < -0.3 is 5.32 Å². The van der Waals surface area contributed by atoms with Crippen LogP contribution in [-0.4, -0.2) is 37.5 Å². The van der Waals surface area contributed by atoms with Gasteiger partial charge in [0, 0.05) is 18.2 Å². The number of nitrogens with zero attached hydrogens (tertiary/aromatic N) is 2. The van der Waals surface area contributed by atoms with Gasteiger partial charge in [0.2, 0.25) is 10.0 Å². The van der Waals surface area contributed by atoms with Crippen LogP contribution in [0, 0.1) is 0 Å². The minimum absolute atomic E-state index is 0. The Bertz CT molecular complexity index is 701. The molecule has 6 nitrogen and oxygen atoms in total. The van der Waals surface area contributed by atoms with Gasteiger partial charge >= 0.3 is 0 Å². The minimum Gasteiger partial charge on any atom is -0.315 e. The molecule has 0 radical (unpaired) electrons. The molecule has 1 aliphatic rings. The summed E-state index contributed by atoms with van der Waals surface area (Å²) in [6.07, 6.45) is 3.49. The summed E-state index contributed by atoms with van der Waals surface area (Å²) in [4.78, 5) is 8.38. The molecule has 118 valence electrons. The Morgan fingerprint density at radius 1 is 1.14 bits per heavy atom. The number of nitrogens with one attached hydrogen (secondary N) is 2. The molecule has 2 heterocycles. The van der Waals surface area contributed by atoms with Gasteiger partial charge in [-0.05, 0) is 13.0 Å². The maximum absolute atomic E-state index is 12.2. The second-order valence-corrected chi connectivity index (χ2v) is 6.63. The lowest BCUT2D eigenvalue weighted by molar-refractivity contribution is 0.559. The summed E-state index contributed by atoms with van der Waals surface area (Å²) in [5.41, 5.74) is 0.856. The van der Waals surface area contributed by atoms with E-state index in [9.17, 15) is 8.42 Å². The molecule has 8 heteroatoms. The van der Waals surface area contributed by atoms with Crippen molar-refractivity contribution >= 4 is 22.4 Å². The van der Waals surface area contributed by atoms with Gasteiger partial charge in [0.1, 0.15) is 4.90 Å². The fraction of sp³-hybridized carbons (Fsp3) is 0.286. The van der Waals surface area contributed by atoms with E-state index in [0.717, 1.165) is 18.5 Å². The third kappa shape index (κ3) is 3.80. The summed E-state index contributed by atoms with van der Waals surface area (Å²) < 4.78 is 27.1. The van der Waals surface area contributed by atoms with Crippen LogP contribution < -0.4 is 10.0 Å². The Morgan fingerprint density at radius 2 is 1.82 bits per heavy atom. The number of hydrogen-bond acceptors (Lipinski definition) is 5. The smallest absolute Gasteiger partial charge is 0.243 e. The van der Waals surface area contributed by atoms with Gasteiger partial charge in [-0.15, -0.1) is 12.4 Å². The van der Waals surface area contributed by atoms with Crippen molar-refractivity contribution in [3.8, 4) is 11.4 Å². The second-order valence-electron chi connectivity index (χ2n) is 4.92. The number of benzene rings is 1. The lowest BCUT2D eigenvalue weighted by Gasteiger charge is -2.11. The molecule has 1 atom stereocenters. The standard InChI is InChI=1S/C14H16N4O2S.ClH/c19-21(20,18-12-6-7-15-8-12)13-9-16-14(17-10-13)11-4-2-1-3-5-11;/h1-5,9-10,12,15,18H,6-8H2;1H. The van der Waals surface area contributed by atoms with Crippen molar-refractivity contribution in [3.63, 3.8) is 0 Å². The van der Waals surface area contributed by atoms with E-state index in [4.69, 9.17) is 0 Å². The zero-order valence-corrected chi connectivity index (χ0v) is 13.4. The first-order valence-electron chi connectivity index (χ1n) is 6.76. The quantitative estimate of drug-likeness (QED) is 0.874. The first-order valence-corrected chi connectivity index (χ1v) is 8.24. The first kappa shape index (κ1) is 16.8. The highest BCUT2D eigenvalue weighted by Gasteiger charge is 2.23. The van der Waals surface area contributed by atoms with Crippen LogP contribution in [0.4, 0.5) is 0 Å². The van der Waals surface area contributed by atoms with E-state index >= 15 is 0 Å². The highest BCUT2D eigenvalue weighted by atomic mass is 35.5. The third-order valence-electron chi connectivity index (χ3n) is 3.35. The maximum atomic E-state index is 12.2. The van der Waals surface area contributed by atoms with Crippen LogP contribution in [-0.2, 0) is 10.0 Å². The predicted molar refractivity (Wildman–Crippen MR) is 86.3 cm³/mol. The van der Waals surface area contributed by atoms with Crippen LogP contribution in [0.1, 0.15) is 6.42 Å². The second kappa shape index (κ2) is 7.15. The lowest BCUT2D eigenvalue weighted by atomic mass is 10.2. The normalized spacial score (nSPS) is 17.9. The molecule has 0 saturated carbocycles. The number of halogens is 1. The molecule has 22 heavy (non-hydrogen) atoms. The summed E-state index contributed by atoms with van der Waals surface area (Å²) in [5, 5.41) is 3.12. The van der Waals surface area contributed by atoms with Crippen LogP contribution in [0.2, 0.25) is 0 Å². The number of rotatable bonds is 4. The first-order chi connectivity index (χ1) is 10.1. The highest BCUT2D eigenvalue weighted by molar-refractivity contribution is 7.89. The molecule has 1 aromatic heterocycles. The predicted octanol–water partition coefficient (Wildman–Crippen LogP) is 1.21. The van der Waals surface area contributed by atoms with E-state index in [-0.39, 0.29) is 23.3 Å². The van der Waals surface area contributed by atoms with Crippen LogP contribution >= 0.6 is 12.4 Å². The van der Waals surface area contributed by atoms with Crippen LogP contribution in [0.15, 0.2) is 47.6 Å². The van der Waals surface area contributed by atoms with E-state index < -0.39 is 10.0 Å². The summed E-state index contributed by atoms with van der Waals surface area (Å²) in [7, 11) is -3.56. The van der Waals surface area contributed by atoms with Gasteiger partial charge in [-0.25, -0.2) is 23.1 Å². The van der Waals surface area contributed by atoms with Crippen LogP contribution in [0.25, 0.3) is 11.4 Å². The van der Waals surface area contributed by atoms with Crippen molar-refractivity contribution < 1.29 is 8.42 Å². The molecule has 0 aliphatic carbocycles. The van der Waals surface area contributed by atoms with E-state index in [1.54, 1.807) is 0 Å². The van der Waals surface area contributed by atoms with Gasteiger partial charge in [-0.3, -0.25) is 0 Å². The van der Waals surface area contributed by atoms with Crippen molar-refractivity contribution in [2.45, 2.75) is 17.4 Å². The maximum Gasteiger partial charge on any atom is 0.243 e. The number of aromatic nitrogens is 2. The zero-order chi connectivity index (χ0) is 14.7. The van der Waals surface area contributed by atoms with Crippen molar-refractivity contribution in [1.29, 1.82) is 0 Å². The van der Waals surface area contributed by atoms with Crippen molar-refractivity contribution in [3.05, 3.63) is 42.7 Å². The minimum atomic E-state index is -3.56. The Morgan fingerprint density at radius 3 is 2.41 bits per heavy atom. The molecule has 1 aromatic carbocycles. The molecule has 0 spiro atoms. The molecule has 1 saturated heterocycles. The van der Waals surface area contributed by atoms with Gasteiger partial charge in [0.05, 0.1) is 12.4 Å². The fourth-order valence-electron chi connectivity index (χ4n) is 2.23. The molecular formula is C14H17ClN4O2S. The average Bonchev–Trinajstić information content (AvgIpc) is 3.00. The van der Waals surface area contributed by atoms with E-state index in [1.807, 2.05) is 30.3 Å². The lowest BCUT2D eigenvalue weighted by Crippen LogP contribution is -2.36. The molecule has 1 fully saturated rings. The van der Waals surface area contributed by atoms with E-state index in [2.05, 4.69) is 20.0 Å². The largest absolute Gasteiger partial charge is 0.315 e. The monoisotopic (exact) mass is 340 g/mol. The molecular weight excluding hydrogens is 324 g/mol. The van der Waals surface area contributed by atoms with Crippen molar-refractivity contribution in [2.24, 2.45) is 0 Å². The van der Waals surface area contributed by atoms with Crippen LogP contribution in [0.3, 0.4) is 0 Å². The average molecular weight is 341 g/mol. The highest BCUT2D eigenvalue weighted by Crippen LogP contribution is 2.15. The van der Waals surface area contributed by atoms with Crippen molar-refractivity contribution in [1.82, 2.24) is 20.0 Å². The summed E-state index contributed by atoms with van der Waals surface area (Å²) >= 11 is 0. The Hall–Kier alpha value is -1.54. The topological polar surface area (TPSA) is 84.0 Å². The summed E-state index contributed by atoms with van der Waals surface area (Å²) in [6.45, 7) is 1.48. The molecule has 2 N–H and O–H groups in total. The number of hydrogen-bond donors (Lipinski definition) is 2. The Kier molecular flexibility index (Phi) is 5.47.